The maximum atomic E-state index is 7.02. The zero-order valence-corrected chi connectivity index (χ0v) is 17.7. The Morgan fingerprint density at radius 3 is 1.88 bits per heavy atom. The molecule has 0 aromatic heterocycles. The molecule has 2 aromatic carbocycles. The summed E-state index contributed by atoms with van der Waals surface area (Å²) in [5.41, 5.74) is 0. The molecule has 1 N–H and O–H groups in total. The molecule has 1 aliphatic heterocycles. The molecule has 3 rings (SSSR count). The fraction of sp³-hybridized carbons (Fsp3) is 0.478. The molecule has 0 unspecified atom stereocenters. The lowest BCUT2D eigenvalue weighted by Gasteiger charge is -2.44. The number of benzene rings is 2. The van der Waals surface area contributed by atoms with E-state index in [4.69, 9.17) is 4.43 Å². The minimum Gasteiger partial charge on any atom is -0.406 e. The monoisotopic (exact) mass is 367 g/mol. The quantitative estimate of drug-likeness (QED) is 0.808. The number of hydrogen-bond donors (Lipinski definition) is 1. The second-order valence-electron chi connectivity index (χ2n) is 8.76. The van der Waals surface area contributed by atoms with Crippen LogP contribution in [0.25, 0.3) is 0 Å². The van der Waals surface area contributed by atoms with Crippen LogP contribution in [0.15, 0.2) is 60.7 Å². The Balaban J connectivity index is 1.97. The molecule has 0 amide bonds. The Labute approximate surface area is 160 Å². The van der Waals surface area contributed by atoms with Crippen LogP contribution < -0.4 is 15.7 Å². The third-order valence-electron chi connectivity index (χ3n) is 5.68. The SMILES string of the molecule is C[C@H]1CC[C@@H](CO[Si](c2ccccc2)(c2ccccc2)C(C)(C)C)NC1. The molecule has 0 radical (unpaired) electrons. The maximum Gasteiger partial charge on any atom is 0.261 e. The summed E-state index contributed by atoms with van der Waals surface area (Å²) >= 11 is 0. The van der Waals surface area contributed by atoms with Gasteiger partial charge in [0.2, 0.25) is 0 Å². The molecule has 2 nitrogen and oxygen atoms in total. The summed E-state index contributed by atoms with van der Waals surface area (Å²) in [7, 11) is -2.39. The minimum absolute atomic E-state index is 0.0532. The van der Waals surface area contributed by atoms with Gasteiger partial charge in [0.1, 0.15) is 0 Å². The van der Waals surface area contributed by atoms with Gasteiger partial charge in [-0.1, -0.05) is 88.4 Å². The van der Waals surface area contributed by atoms with E-state index in [1.54, 1.807) is 0 Å². The summed E-state index contributed by atoms with van der Waals surface area (Å²) in [5, 5.41) is 6.47. The standard InChI is InChI=1S/C23H33NOSi/c1-19-15-16-20(24-17-19)18-25-26(23(2,3)4,21-11-7-5-8-12-21)22-13-9-6-10-14-22/h5-14,19-20,24H,15-18H2,1-4H3/t19-,20-/m0/s1. The zero-order valence-electron chi connectivity index (χ0n) is 16.7. The van der Waals surface area contributed by atoms with Gasteiger partial charge in [-0.05, 0) is 40.7 Å². The Morgan fingerprint density at radius 1 is 0.923 bits per heavy atom. The van der Waals surface area contributed by atoms with E-state index >= 15 is 0 Å². The molecule has 0 bridgehead atoms. The molecule has 1 aliphatic rings. The lowest BCUT2D eigenvalue weighted by molar-refractivity contribution is 0.210. The van der Waals surface area contributed by atoms with Crippen molar-refractivity contribution in [2.75, 3.05) is 13.2 Å². The summed E-state index contributed by atoms with van der Waals surface area (Å²) in [4.78, 5) is 0. The highest BCUT2D eigenvalue weighted by atomic mass is 28.4. The Hall–Kier alpha value is -1.42. The Kier molecular flexibility index (Phi) is 6.01. The van der Waals surface area contributed by atoms with Gasteiger partial charge in [-0.25, -0.2) is 0 Å². The van der Waals surface area contributed by atoms with Gasteiger partial charge in [-0.15, -0.1) is 0 Å². The summed E-state index contributed by atoms with van der Waals surface area (Å²) in [5.74, 6) is 0.777. The molecule has 1 fully saturated rings. The molecule has 0 saturated carbocycles. The average Bonchev–Trinajstić information content (AvgIpc) is 2.64. The van der Waals surface area contributed by atoms with E-state index in [1.807, 2.05) is 0 Å². The normalized spacial score (nSPS) is 21.5. The van der Waals surface area contributed by atoms with Crippen molar-refractivity contribution in [2.45, 2.75) is 51.6 Å². The first-order valence-electron chi connectivity index (χ1n) is 9.92. The van der Waals surface area contributed by atoms with Crippen LogP contribution in [-0.4, -0.2) is 27.5 Å². The first-order valence-corrected chi connectivity index (χ1v) is 11.8. The summed E-state index contributed by atoms with van der Waals surface area (Å²) in [6, 6.07) is 22.3. The second kappa shape index (κ2) is 8.08. The molecule has 26 heavy (non-hydrogen) atoms. The van der Waals surface area contributed by atoms with Crippen LogP contribution in [0.3, 0.4) is 0 Å². The van der Waals surface area contributed by atoms with E-state index in [2.05, 4.69) is 93.7 Å². The molecule has 2 atom stereocenters. The average molecular weight is 368 g/mol. The third-order valence-corrected chi connectivity index (χ3v) is 10.7. The molecule has 0 aliphatic carbocycles. The highest BCUT2D eigenvalue weighted by molar-refractivity contribution is 6.99. The van der Waals surface area contributed by atoms with Gasteiger partial charge in [0.15, 0.2) is 0 Å². The van der Waals surface area contributed by atoms with Gasteiger partial charge < -0.3 is 9.74 Å². The fourth-order valence-electron chi connectivity index (χ4n) is 4.19. The molecule has 0 spiro atoms. The predicted molar refractivity (Wildman–Crippen MR) is 114 cm³/mol. The second-order valence-corrected chi connectivity index (χ2v) is 13.1. The smallest absolute Gasteiger partial charge is 0.261 e. The van der Waals surface area contributed by atoms with Crippen molar-refractivity contribution in [2.24, 2.45) is 5.92 Å². The topological polar surface area (TPSA) is 21.3 Å². The van der Waals surface area contributed by atoms with Crippen LogP contribution in [0.4, 0.5) is 0 Å². The van der Waals surface area contributed by atoms with E-state index < -0.39 is 8.32 Å². The van der Waals surface area contributed by atoms with Crippen molar-refractivity contribution in [3.8, 4) is 0 Å². The van der Waals surface area contributed by atoms with Crippen molar-refractivity contribution in [1.82, 2.24) is 5.32 Å². The minimum atomic E-state index is -2.39. The van der Waals surface area contributed by atoms with Crippen molar-refractivity contribution in [1.29, 1.82) is 0 Å². The maximum absolute atomic E-state index is 7.02. The van der Waals surface area contributed by atoms with E-state index in [0.29, 0.717) is 6.04 Å². The van der Waals surface area contributed by atoms with Gasteiger partial charge in [0.05, 0.1) is 6.61 Å². The Morgan fingerprint density at radius 2 is 1.46 bits per heavy atom. The van der Waals surface area contributed by atoms with Gasteiger partial charge in [0, 0.05) is 6.04 Å². The number of nitrogens with one attached hydrogen (secondary N) is 1. The predicted octanol–water partition coefficient (Wildman–Crippen LogP) is 3.95. The van der Waals surface area contributed by atoms with Crippen LogP contribution in [0.1, 0.15) is 40.5 Å². The molecule has 2 aromatic rings. The Bertz CT molecular complexity index is 633. The first-order chi connectivity index (χ1) is 12.4. The van der Waals surface area contributed by atoms with Crippen LogP contribution in [0.5, 0.6) is 0 Å². The highest BCUT2D eigenvalue weighted by Crippen LogP contribution is 2.37. The van der Waals surface area contributed by atoms with E-state index in [0.717, 1.165) is 19.1 Å². The van der Waals surface area contributed by atoms with Crippen LogP contribution in [0.2, 0.25) is 5.04 Å². The molecule has 1 heterocycles. The fourth-order valence-corrected chi connectivity index (χ4v) is 8.79. The lowest BCUT2D eigenvalue weighted by Crippen LogP contribution is -2.67. The van der Waals surface area contributed by atoms with Crippen molar-refractivity contribution < 1.29 is 4.43 Å². The van der Waals surface area contributed by atoms with E-state index in [-0.39, 0.29) is 5.04 Å². The van der Waals surface area contributed by atoms with Gasteiger partial charge in [-0.2, -0.15) is 0 Å². The number of rotatable bonds is 5. The molecular weight excluding hydrogens is 334 g/mol. The van der Waals surface area contributed by atoms with Crippen LogP contribution in [0, 0.1) is 5.92 Å². The summed E-state index contributed by atoms with van der Waals surface area (Å²) < 4.78 is 7.02. The number of hydrogen-bond acceptors (Lipinski definition) is 2. The lowest BCUT2D eigenvalue weighted by atomic mass is 9.97. The summed E-state index contributed by atoms with van der Waals surface area (Å²) in [6.07, 6.45) is 2.50. The molecular formula is C23H33NOSi. The van der Waals surface area contributed by atoms with Crippen LogP contribution in [-0.2, 0) is 4.43 Å². The van der Waals surface area contributed by atoms with Crippen molar-refractivity contribution in [3.63, 3.8) is 0 Å². The van der Waals surface area contributed by atoms with E-state index in [1.165, 1.54) is 23.2 Å². The molecule has 3 heteroatoms. The van der Waals surface area contributed by atoms with Gasteiger partial charge >= 0.3 is 0 Å². The van der Waals surface area contributed by atoms with Gasteiger partial charge in [0.25, 0.3) is 8.32 Å². The largest absolute Gasteiger partial charge is 0.406 e. The van der Waals surface area contributed by atoms with Crippen molar-refractivity contribution >= 4 is 18.7 Å². The van der Waals surface area contributed by atoms with E-state index in [9.17, 15) is 0 Å². The van der Waals surface area contributed by atoms with Gasteiger partial charge in [-0.3, -0.25) is 0 Å². The molecule has 1 saturated heterocycles. The van der Waals surface area contributed by atoms with Crippen LogP contribution >= 0.6 is 0 Å². The zero-order chi connectivity index (χ0) is 18.6. The third kappa shape index (κ3) is 3.95. The molecule has 140 valence electrons. The summed E-state index contributed by atoms with van der Waals surface area (Å²) in [6.45, 7) is 11.3. The highest BCUT2D eigenvalue weighted by Gasteiger charge is 2.50. The number of piperidine rings is 1. The first kappa shape index (κ1) is 19.3. The van der Waals surface area contributed by atoms with Crippen molar-refractivity contribution in [3.05, 3.63) is 60.7 Å².